The Kier molecular flexibility index (Phi) is 0.692. The summed E-state index contributed by atoms with van der Waals surface area (Å²) in [4.78, 5) is 3.18. The molecule has 1 aliphatic rings. The van der Waals surface area contributed by atoms with Gasteiger partial charge in [0.2, 0.25) is 0 Å². The predicted molar refractivity (Wildman–Crippen MR) is 29.3 cm³/mol. The average Bonchev–Trinajstić information content (AvgIpc) is 2.15. The molecule has 0 saturated heterocycles. The Hall–Kier alpha value is -0.790. The summed E-state index contributed by atoms with van der Waals surface area (Å²) in [6.07, 6.45) is 6.64. The smallest absolute Gasteiger partial charge is 0.248 e. The first kappa shape index (κ1) is 4.13. The maximum atomic E-state index is 3.18. The highest BCUT2D eigenvalue weighted by Gasteiger charge is 2.15. The van der Waals surface area contributed by atoms with Crippen molar-refractivity contribution >= 4 is 0 Å². The molecule has 0 fully saturated rings. The number of imidazole rings is 1. The minimum absolute atomic E-state index is 1.21. The van der Waals surface area contributed by atoms with Gasteiger partial charge >= 0.3 is 0 Å². The Labute approximate surface area is 48.2 Å². The fourth-order valence-corrected chi connectivity index (χ4v) is 1.24. The second kappa shape index (κ2) is 1.34. The van der Waals surface area contributed by atoms with Crippen LogP contribution in [0.4, 0.5) is 0 Å². The van der Waals surface area contributed by atoms with Crippen LogP contribution in [0.25, 0.3) is 0 Å². The van der Waals surface area contributed by atoms with E-state index in [9.17, 15) is 0 Å². The summed E-state index contributed by atoms with van der Waals surface area (Å²) in [5.74, 6) is 1.38. The zero-order chi connectivity index (χ0) is 5.40. The second-order valence-electron chi connectivity index (χ2n) is 2.20. The van der Waals surface area contributed by atoms with E-state index in [4.69, 9.17) is 0 Å². The van der Waals surface area contributed by atoms with Crippen LogP contribution in [0.15, 0.2) is 12.4 Å². The number of rotatable bonds is 0. The normalized spacial score (nSPS) is 16.5. The number of H-pyrrole nitrogens is 1. The van der Waals surface area contributed by atoms with E-state index >= 15 is 0 Å². The zero-order valence-electron chi connectivity index (χ0n) is 4.72. The molecule has 0 unspecified atom stereocenters. The average molecular weight is 109 g/mol. The molecular formula is C6H9N2+. The lowest BCUT2D eigenvalue weighted by atomic mass is 10.4. The van der Waals surface area contributed by atoms with Crippen molar-refractivity contribution in [1.29, 1.82) is 0 Å². The fraction of sp³-hybridized carbons (Fsp3) is 0.500. The van der Waals surface area contributed by atoms with Crippen LogP contribution >= 0.6 is 0 Å². The highest BCUT2D eigenvalue weighted by Crippen LogP contribution is 2.00. The van der Waals surface area contributed by atoms with Gasteiger partial charge in [-0.05, 0) is 6.42 Å². The number of aromatic amines is 1. The van der Waals surface area contributed by atoms with Crippen LogP contribution in [0, 0.1) is 0 Å². The summed E-state index contributed by atoms with van der Waals surface area (Å²) in [6.45, 7) is 1.21. The minimum atomic E-state index is 1.21. The van der Waals surface area contributed by atoms with Crippen molar-refractivity contribution in [3.8, 4) is 0 Å². The maximum absolute atomic E-state index is 3.18. The lowest BCUT2D eigenvalue weighted by Gasteiger charge is -1.78. The van der Waals surface area contributed by atoms with Crippen LogP contribution < -0.4 is 4.57 Å². The van der Waals surface area contributed by atoms with Crippen molar-refractivity contribution in [1.82, 2.24) is 4.98 Å². The number of aryl methyl sites for hydroxylation is 2. The standard InChI is InChI=1S/C6H8N2/c1-2-6-7-3-5-8(6)4-1/h3,5H,1-2,4H2/p+1. The predicted octanol–water partition coefficient (Wildman–Crippen LogP) is 0.248. The Bertz CT molecular complexity index is 172. The van der Waals surface area contributed by atoms with Gasteiger partial charge in [-0.1, -0.05) is 0 Å². The number of aromatic nitrogens is 2. The Morgan fingerprint density at radius 2 is 2.62 bits per heavy atom. The van der Waals surface area contributed by atoms with Gasteiger partial charge in [-0.25, -0.2) is 9.55 Å². The van der Waals surface area contributed by atoms with Gasteiger partial charge in [-0.15, -0.1) is 0 Å². The van der Waals surface area contributed by atoms with E-state index in [0.29, 0.717) is 0 Å². The first-order valence-electron chi connectivity index (χ1n) is 3.02. The van der Waals surface area contributed by atoms with Gasteiger partial charge in [0, 0.05) is 0 Å². The summed E-state index contributed by atoms with van der Waals surface area (Å²) < 4.78 is 2.26. The first-order valence-corrected chi connectivity index (χ1v) is 3.02. The topological polar surface area (TPSA) is 19.7 Å². The third kappa shape index (κ3) is 0.399. The maximum Gasteiger partial charge on any atom is 0.254 e. The monoisotopic (exact) mass is 109 g/mol. The van der Waals surface area contributed by atoms with E-state index in [0.717, 1.165) is 0 Å². The first-order chi connectivity index (χ1) is 3.97. The van der Waals surface area contributed by atoms with Crippen molar-refractivity contribution < 1.29 is 4.57 Å². The summed E-state index contributed by atoms with van der Waals surface area (Å²) in [6, 6.07) is 0. The quantitative estimate of drug-likeness (QED) is 0.461. The molecule has 0 spiro atoms. The molecule has 42 valence electrons. The van der Waals surface area contributed by atoms with Gasteiger partial charge < -0.3 is 0 Å². The molecule has 0 saturated carbocycles. The van der Waals surface area contributed by atoms with E-state index < -0.39 is 0 Å². The van der Waals surface area contributed by atoms with Gasteiger partial charge in [-0.2, -0.15) is 0 Å². The fourth-order valence-electron chi connectivity index (χ4n) is 1.24. The Balaban J connectivity index is 2.54. The summed E-state index contributed by atoms with van der Waals surface area (Å²) >= 11 is 0. The van der Waals surface area contributed by atoms with Gasteiger partial charge in [0.1, 0.15) is 12.4 Å². The van der Waals surface area contributed by atoms with E-state index in [-0.39, 0.29) is 0 Å². The number of nitrogens with zero attached hydrogens (tertiary/aromatic N) is 1. The molecule has 1 aromatic heterocycles. The van der Waals surface area contributed by atoms with Crippen LogP contribution in [0.1, 0.15) is 12.2 Å². The molecule has 2 rings (SSSR count). The van der Waals surface area contributed by atoms with Gasteiger partial charge in [0.05, 0.1) is 13.0 Å². The van der Waals surface area contributed by atoms with Crippen LogP contribution in [-0.2, 0) is 13.0 Å². The lowest BCUT2D eigenvalue weighted by molar-refractivity contribution is -0.689. The summed E-state index contributed by atoms with van der Waals surface area (Å²) in [5, 5.41) is 0. The Morgan fingerprint density at radius 3 is 3.50 bits per heavy atom. The molecule has 0 atom stereocenters. The molecule has 1 aliphatic heterocycles. The number of hydrogen-bond acceptors (Lipinski definition) is 0. The highest BCUT2D eigenvalue weighted by atomic mass is 15.1. The third-order valence-corrected chi connectivity index (χ3v) is 1.66. The molecule has 0 bridgehead atoms. The minimum Gasteiger partial charge on any atom is -0.248 e. The van der Waals surface area contributed by atoms with Crippen molar-refractivity contribution in [3.63, 3.8) is 0 Å². The van der Waals surface area contributed by atoms with E-state index in [2.05, 4.69) is 15.7 Å². The largest absolute Gasteiger partial charge is 0.254 e. The van der Waals surface area contributed by atoms with Gasteiger partial charge in [0.15, 0.2) is 0 Å². The van der Waals surface area contributed by atoms with Gasteiger partial charge in [-0.3, -0.25) is 0 Å². The van der Waals surface area contributed by atoms with E-state index in [1.165, 1.54) is 25.2 Å². The molecule has 1 N–H and O–H groups in total. The number of hydrogen-bond donors (Lipinski definition) is 1. The lowest BCUT2D eigenvalue weighted by Crippen LogP contribution is -2.29. The van der Waals surface area contributed by atoms with Crippen molar-refractivity contribution in [2.75, 3.05) is 0 Å². The molecule has 2 heteroatoms. The summed E-state index contributed by atoms with van der Waals surface area (Å²) in [5.41, 5.74) is 0. The summed E-state index contributed by atoms with van der Waals surface area (Å²) in [7, 11) is 0. The van der Waals surface area contributed by atoms with E-state index in [1.807, 2.05) is 6.20 Å². The van der Waals surface area contributed by atoms with Crippen LogP contribution in [0.5, 0.6) is 0 Å². The molecule has 0 radical (unpaired) electrons. The zero-order valence-corrected chi connectivity index (χ0v) is 4.72. The van der Waals surface area contributed by atoms with Crippen molar-refractivity contribution in [3.05, 3.63) is 18.2 Å². The Morgan fingerprint density at radius 1 is 1.62 bits per heavy atom. The molecule has 0 aliphatic carbocycles. The highest BCUT2D eigenvalue weighted by molar-refractivity contribution is 4.79. The third-order valence-electron chi connectivity index (χ3n) is 1.66. The SMILES string of the molecule is c1c[n+]2c([nH]1)CCC2. The molecular weight excluding hydrogens is 100 g/mol. The second-order valence-corrected chi connectivity index (χ2v) is 2.20. The van der Waals surface area contributed by atoms with Crippen molar-refractivity contribution in [2.45, 2.75) is 19.4 Å². The van der Waals surface area contributed by atoms with Crippen molar-refractivity contribution in [2.24, 2.45) is 0 Å². The van der Waals surface area contributed by atoms with Crippen LogP contribution in [0.3, 0.4) is 0 Å². The molecule has 0 aromatic carbocycles. The molecule has 1 aromatic rings. The van der Waals surface area contributed by atoms with Crippen LogP contribution in [-0.4, -0.2) is 4.98 Å². The van der Waals surface area contributed by atoms with Crippen LogP contribution in [0.2, 0.25) is 0 Å². The van der Waals surface area contributed by atoms with Gasteiger partial charge in [0.25, 0.3) is 5.82 Å². The number of fused-ring (bicyclic) bond motifs is 1. The molecule has 0 amide bonds. The molecule has 8 heavy (non-hydrogen) atoms. The number of nitrogens with one attached hydrogen (secondary N) is 1. The molecule has 2 heterocycles. The molecule has 2 nitrogen and oxygen atoms in total. The van der Waals surface area contributed by atoms with E-state index in [1.54, 1.807) is 0 Å².